The van der Waals surface area contributed by atoms with Crippen LogP contribution in [0, 0.1) is 0 Å². The molecular formula is C28H20BrN3O5S. The number of carbonyl (C=O) groups is 3. The van der Waals surface area contributed by atoms with Crippen molar-refractivity contribution >= 4 is 67.4 Å². The number of nitrogens with zero attached hydrogens (tertiary/aromatic N) is 2. The topological polar surface area (TPSA) is 89.9 Å². The minimum Gasteiger partial charge on any atom is -0.454 e. The van der Waals surface area contributed by atoms with Crippen LogP contribution in [0.4, 0.5) is 10.5 Å². The van der Waals surface area contributed by atoms with Crippen LogP contribution in [0.5, 0.6) is 11.5 Å². The number of anilines is 1. The maximum Gasteiger partial charge on any atom is 0.293 e. The first-order valence-corrected chi connectivity index (χ1v) is 13.3. The summed E-state index contributed by atoms with van der Waals surface area (Å²) in [5.74, 6) is 0.683. The molecule has 0 bridgehead atoms. The molecule has 38 heavy (non-hydrogen) atoms. The zero-order valence-corrected chi connectivity index (χ0v) is 22.3. The van der Waals surface area contributed by atoms with Crippen molar-refractivity contribution in [1.82, 2.24) is 9.47 Å². The first kappa shape index (κ1) is 24.3. The van der Waals surface area contributed by atoms with Gasteiger partial charge in [-0.05, 0) is 53.7 Å². The fourth-order valence-corrected chi connectivity index (χ4v) is 5.49. The standard InChI is InChI=1S/C28H20BrN3O5S/c29-19-7-5-17(6-8-19)13-32-27(34)25(38-28(32)35)11-18-14-31(22-4-2-1-3-21(18)22)15-26(33)30-20-9-10-23-24(12-20)37-16-36-23/h1-12,14H,13,15-16H2,(H,30,33)/b25-11-. The first-order chi connectivity index (χ1) is 18.4. The lowest BCUT2D eigenvalue weighted by molar-refractivity contribution is -0.123. The maximum absolute atomic E-state index is 13.1. The van der Waals surface area contributed by atoms with Gasteiger partial charge in [0.1, 0.15) is 6.54 Å². The van der Waals surface area contributed by atoms with Gasteiger partial charge in [0.25, 0.3) is 11.1 Å². The number of aromatic nitrogens is 1. The number of halogens is 1. The maximum atomic E-state index is 13.1. The molecule has 3 heterocycles. The molecular weight excluding hydrogens is 570 g/mol. The Morgan fingerprint density at radius 3 is 2.66 bits per heavy atom. The van der Waals surface area contributed by atoms with E-state index in [0.717, 1.165) is 38.3 Å². The minimum atomic E-state index is -0.333. The molecule has 8 nitrogen and oxygen atoms in total. The number of ether oxygens (including phenoxy) is 2. The third kappa shape index (κ3) is 4.80. The van der Waals surface area contributed by atoms with Crippen LogP contribution in [0.3, 0.4) is 0 Å². The monoisotopic (exact) mass is 589 g/mol. The molecule has 4 aromatic rings. The summed E-state index contributed by atoms with van der Waals surface area (Å²) in [5, 5.41) is 3.46. The molecule has 1 saturated heterocycles. The van der Waals surface area contributed by atoms with Gasteiger partial charge in [-0.15, -0.1) is 0 Å². The third-order valence-electron chi connectivity index (χ3n) is 6.20. The Morgan fingerprint density at radius 1 is 1.03 bits per heavy atom. The zero-order chi connectivity index (χ0) is 26.2. The highest BCUT2D eigenvalue weighted by molar-refractivity contribution is 9.10. The van der Waals surface area contributed by atoms with E-state index in [2.05, 4.69) is 21.2 Å². The normalized spacial score (nSPS) is 15.6. The molecule has 1 N–H and O–H groups in total. The van der Waals surface area contributed by atoms with Crippen molar-refractivity contribution in [3.05, 3.63) is 93.4 Å². The molecule has 0 unspecified atom stereocenters. The Balaban J connectivity index is 1.22. The molecule has 190 valence electrons. The van der Waals surface area contributed by atoms with Gasteiger partial charge in [0, 0.05) is 38.9 Å². The van der Waals surface area contributed by atoms with E-state index in [4.69, 9.17) is 9.47 Å². The van der Waals surface area contributed by atoms with Gasteiger partial charge < -0.3 is 19.4 Å². The van der Waals surface area contributed by atoms with Crippen molar-refractivity contribution in [3.63, 3.8) is 0 Å². The van der Waals surface area contributed by atoms with Crippen LogP contribution in [-0.2, 0) is 22.7 Å². The number of fused-ring (bicyclic) bond motifs is 2. The number of hydrogen-bond donors (Lipinski definition) is 1. The highest BCUT2D eigenvalue weighted by Gasteiger charge is 2.35. The number of benzene rings is 3. The molecule has 10 heteroatoms. The molecule has 1 fully saturated rings. The van der Waals surface area contributed by atoms with Crippen molar-refractivity contribution < 1.29 is 23.9 Å². The van der Waals surface area contributed by atoms with Gasteiger partial charge in [-0.2, -0.15) is 0 Å². The second-order valence-corrected chi connectivity index (χ2v) is 10.6. The number of para-hydroxylation sites is 1. The largest absolute Gasteiger partial charge is 0.454 e. The molecule has 2 aliphatic heterocycles. The molecule has 0 atom stereocenters. The van der Waals surface area contributed by atoms with Crippen LogP contribution >= 0.6 is 27.7 Å². The van der Waals surface area contributed by atoms with Gasteiger partial charge in [0.2, 0.25) is 12.7 Å². The Morgan fingerprint density at radius 2 is 1.82 bits per heavy atom. The van der Waals surface area contributed by atoms with Crippen LogP contribution in [-0.4, -0.2) is 33.3 Å². The number of nitrogens with one attached hydrogen (secondary N) is 1. The van der Waals surface area contributed by atoms with Gasteiger partial charge in [0.05, 0.1) is 11.4 Å². The summed E-state index contributed by atoms with van der Waals surface area (Å²) in [4.78, 5) is 40.2. The third-order valence-corrected chi connectivity index (χ3v) is 7.64. The van der Waals surface area contributed by atoms with E-state index in [1.54, 1.807) is 24.3 Å². The van der Waals surface area contributed by atoms with E-state index >= 15 is 0 Å². The summed E-state index contributed by atoms with van der Waals surface area (Å²) in [5.41, 5.74) is 3.07. The molecule has 2 aliphatic rings. The van der Waals surface area contributed by atoms with Crippen molar-refractivity contribution in [2.24, 2.45) is 0 Å². The quantitative estimate of drug-likeness (QED) is 0.277. The van der Waals surface area contributed by atoms with Crippen LogP contribution in [0.1, 0.15) is 11.1 Å². The zero-order valence-electron chi connectivity index (χ0n) is 19.8. The van der Waals surface area contributed by atoms with Gasteiger partial charge in [0.15, 0.2) is 11.5 Å². The first-order valence-electron chi connectivity index (χ1n) is 11.7. The molecule has 0 spiro atoms. The average Bonchev–Trinajstić information content (AvgIpc) is 3.58. The van der Waals surface area contributed by atoms with Crippen LogP contribution in [0.2, 0.25) is 0 Å². The number of thioether (sulfide) groups is 1. The van der Waals surface area contributed by atoms with Crippen molar-refractivity contribution in [3.8, 4) is 11.5 Å². The van der Waals surface area contributed by atoms with E-state index in [0.29, 0.717) is 22.1 Å². The van der Waals surface area contributed by atoms with Crippen LogP contribution in [0.25, 0.3) is 17.0 Å². The predicted molar refractivity (Wildman–Crippen MR) is 149 cm³/mol. The Labute approximate surface area is 230 Å². The minimum absolute atomic E-state index is 0.0633. The summed E-state index contributed by atoms with van der Waals surface area (Å²) < 4.78 is 13.5. The van der Waals surface area contributed by atoms with Crippen molar-refractivity contribution in [1.29, 1.82) is 0 Å². The lowest BCUT2D eigenvalue weighted by Crippen LogP contribution is -2.27. The molecule has 0 saturated carbocycles. The highest BCUT2D eigenvalue weighted by atomic mass is 79.9. The highest BCUT2D eigenvalue weighted by Crippen LogP contribution is 2.36. The molecule has 6 rings (SSSR count). The number of hydrogen-bond acceptors (Lipinski definition) is 6. The fourth-order valence-electron chi connectivity index (χ4n) is 4.40. The number of amides is 3. The molecule has 0 aliphatic carbocycles. The van der Waals surface area contributed by atoms with Crippen LogP contribution < -0.4 is 14.8 Å². The van der Waals surface area contributed by atoms with Gasteiger partial charge in [-0.3, -0.25) is 19.3 Å². The summed E-state index contributed by atoms with van der Waals surface area (Å²) in [7, 11) is 0. The number of imide groups is 1. The van der Waals surface area contributed by atoms with E-state index in [9.17, 15) is 14.4 Å². The van der Waals surface area contributed by atoms with Gasteiger partial charge >= 0.3 is 0 Å². The summed E-state index contributed by atoms with van der Waals surface area (Å²) in [6.07, 6.45) is 3.55. The van der Waals surface area contributed by atoms with Crippen molar-refractivity contribution in [2.75, 3.05) is 12.1 Å². The SMILES string of the molecule is O=C(Cn1cc(/C=C2\SC(=O)N(Cc3ccc(Br)cc3)C2=O)c2ccccc21)Nc1ccc2c(c1)OCO2. The molecule has 3 amide bonds. The van der Waals surface area contributed by atoms with E-state index < -0.39 is 0 Å². The second-order valence-electron chi connectivity index (χ2n) is 8.74. The van der Waals surface area contributed by atoms with Gasteiger partial charge in [-0.1, -0.05) is 46.3 Å². The van der Waals surface area contributed by atoms with Crippen LogP contribution in [0.15, 0.2) is 82.3 Å². The van der Waals surface area contributed by atoms with E-state index in [1.165, 1.54) is 4.90 Å². The fraction of sp³-hybridized carbons (Fsp3) is 0.107. The average molecular weight is 590 g/mol. The van der Waals surface area contributed by atoms with E-state index in [1.807, 2.05) is 59.3 Å². The predicted octanol–water partition coefficient (Wildman–Crippen LogP) is 6.01. The van der Waals surface area contributed by atoms with Gasteiger partial charge in [-0.25, -0.2) is 0 Å². The lowest BCUT2D eigenvalue weighted by atomic mass is 10.1. The summed E-state index contributed by atoms with van der Waals surface area (Å²) in [6.45, 7) is 0.430. The Kier molecular flexibility index (Phi) is 6.42. The second kappa shape index (κ2) is 10.0. The number of rotatable bonds is 6. The van der Waals surface area contributed by atoms with Crippen molar-refractivity contribution in [2.45, 2.75) is 13.1 Å². The Bertz CT molecular complexity index is 1630. The lowest BCUT2D eigenvalue weighted by Gasteiger charge is -2.12. The molecule has 0 radical (unpaired) electrons. The van der Waals surface area contributed by atoms with E-state index in [-0.39, 0.29) is 36.9 Å². The number of carbonyl (C=O) groups excluding carboxylic acids is 3. The summed E-state index contributed by atoms with van der Waals surface area (Å²) in [6, 6.07) is 20.4. The Hall–Kier alpha value is -4.02. The summed E-state index contributed by atoms with van der Waals surface area (Å²) >= 11 is 4.32. The molecule has 3 aromatic carbocycles. The smallest absolute Gasteiger partial charge is 0.293 e. The molecule has 1 aromatic heterocycles.